The fourth-order valence-electron chi connectivity index (χ4n) is 1.73. The summed E-state index contributed by atoms with van der Waals surface area (Å²) in [6.07, 6.45) is 0.141. The third-order valence-corrected chi connectivity index (χ3v) is 2.66. The zero-order valence-electron chi connectivity index (χ0n) is 9.67. The number of hydrogen-bond acceptors (Lipinski definition) is 5. The van der Waals surface area contributed by atoms with Crippen LogP contribution in [0.2, 0.25) is 0 Å². The molecule has 0 aromatic heterocycles. The highest BCUT2D eigenvalue weighted by Gasteiger charge is 2.26. The van der Waals surface area contributed by atoms with Gasteiger partial charge in [0.25, 0.3) is 0 Å². The molecule has 2 rings (SSSR count). The van der Waals surface area contributed by atoms with Crippen molar-refractivity contribution in [3.8, 4) is 5.75 Å². The first-order valence-electron chi connectivity index (χ1n) is 5.44. The minimum Gasteiger partial charge on any atom is -0.481 e. The Morgan fingerprint density at radius 1 is 1.58 bits per heavy atom. The lowest BCUT2D eigenvalue weighted by molar-refractivity contribution is -0.386. The van der Waals surface area contributed by atoms with Gasteiger partial charge in [0, 0.05) is 12.5 Å². The van der Waals surface area contributed by atoms with Crippen LogP contribution in [0.4, 0.5) is 10.1 Å². The minimum absolute atomic E-state index is 0.261. The molecule has 1 heterocycles. The van der Waals surface area contributed by atoms with Crippen LogP contribution in [0, 0.1) is 15.9 Å². The Hall–Kier alpha value is -2.22. The van der Waals surface area contributed by atoms with Crippen molar-refractivity contribution in [3.63, 3.8) is 0 Å². The number of carboxylic acids is 1. The van der Waals surface area contributed by atoms with Crippen molar-refractivity contribution < 1.29 is 28.7 Å². The maximum absolute atomic E-state index is 13.4. The summed E-state index contributed by atoms with van der Waals surface area (Å²) in [4.78, 5) is 20.8. The van der Waals surface area contributed by atoms with Gasteiger partial charge in [-0.15, -0.1) is 0 Å². The van der Waals surface area contributed by atoms with Crippen molar-refractivity contribution >= 4 is 11.7 Å². The highest BCUT2D eigenvalue weighted by Crippen LogP contribution is 2.31. The third kappa shape index (κ3) is 2.79. The van der Waals surface area contributed by atoms with E-state index in [0.717, 1.165) is 6.07 Å². The number of carbonyl (C=O) groups is 1. The van der Waals surface area contributed by atoms with Gasteiger partial charge in [0.1, 0.15) is 11.9 Å². The molecule has 1 aliphatic rings. The predicted octanol–water partition coefficient (Wildman–Crippen LogP) is 1.60. The topological polar surface area (TPSA) is 98.9 Å². The van der Waals surface area contributed by atoms with E-state index in [0.29, 0.717) is 19.1 Å². The van der Waals surface area contributed by atoms with Crippen molar-refractivity contribution in [2.75, 3.05) is 13.2 Å². The molecule has 1 aromatic rings. The molecular weight excluding hydrogens is 261 g/mol. The Bertz CT molecular complexity index is 526. The summed E-state index contributed by atoms with van der Waals surface area (Å²) >= 11 is 0. The number of nitro groups is 1. The molecular formula is C11H10FNO6. The van der Waals surface area contributed by atoms with Gasteiger partial charge in [-0.2, -0.15) is 0 Å². The fraction of sp³-hybridized carbons (Fsp3) is 0.364. The van der Waals surface area contributed by atoms with Crippen molar-refractivity contribution in [1.82, 2.24) is 0 Å². The number of hydrogen-bond donors (Lipinski definition) is 1. The Morgan fingerprint density at radius 3 is 2.84 bits per heavy atom. The van der Waals surface area contributed by atoms with Gasteiger partial charge in [-0.05, 0) is 0 Å². The van der Waals surface area contributed by atoms with Crippen molar-refractivity contribution in [2.45, 2.75) is 12.5 Å². The van der Waals surface area contributed by atoms with Crippen LogP contribution in [-0.2, 0) is 4.74 Å². The van der Waals surface area contributed by atoms with Gasteiger partial charge in [-0.3, -0.25) is 10.1 Å². The molecule has 1 saturated heterocycles. The average Bonchev–Trinajstić information content (AvgIpc) is 2.83. The van der Waals surface area contributed by atoms with E-state index >= 15 is 0 Å². The SMILES string of the molecule is O=C(O)c1cc(OC2CCOC2)c([N+](=O)[O-])cc1F. The summed E-state index contributed by atoms with van der Waals surface area (Å²) in [5, 5.41) is 19.6. The van der Waals surface area contributed by atoms with Gasteiger partial charge in [0.05, 0.1) is 29.8 Å². The lowest BCUT2D eigenvalue weighted by Gasteiger charge is -2.12. The van der Waals surface area contributed by atoms with E-state index in [4.69, 9.17) is 14.6 Å². The van der Waals surface area contributed by atoms with E-state index in [2.05, 4.69) is 0 Å². The monoisotopic (exact) mass is 271 g/mol. The van der Waals surface area contributed by atoms with Crippen LogP contribution >= 0.6 is 0 Å². The first-order valence-corrected chi connectivity index (χ1v) is 5.44. The number of benzene rings is 1. The molecule has 1 fully saturated rings. The molecule has 7 nitrogen and oxygen atoms in total. The molecule has 1 aliphatic heterocycles. The smallest absolute Gasteiger partial charge is 0.338 e. The third-order valence-electron chi connectivity index (χ3n) is 2.66. The summed E-state index contributed by atoms with van der Waals surface area (Å²) in [6.45, 7) is 0.725. The van der Waals surface area contributed by atoms with Crippen LogP contribution in [0.5, 0.6) is 5.75 Å². The second-order valence-electron chi connectivity index (χ2n) is 3.97. The molecule has 0 aliphatic carbocycles. The summed E-state index contributed by atoms with van der Waals surface area (Å²) < 4.78 is 23.8. The number of nitro benzene ring substituents is 1. The molecule has 1 aromatic carbocycles. The standard InChI is InChI=1S/C11H10FNO6/c12-8-4-9(13(16)17)10(3-7(8)11(14)15)19-6-1-2-18-5-6/h3-4,6H,1-2,5H2,(H,14,15). The second-order valence-corrected chi connectivity index (χ2v) is 3.97. The van der Waals surface area contributed by atoms with E-state index in [-0.39, 0.29) is 12.4 Å². The number of halogens is 1. The first kappa shape index (κ1) is 13.2. The highest BCUT2D eigenvalue weighted by molar-refractivity contribution is 5.89. The van der Waals surface area contributed by atoms with Crippen LogP contribution in [0.15, 0.2) is 12.1 Å². The van der Waals surface area contributed by atoms with E-state index < -0.39 is 34.1 Å². The lowest BCUT2D eigenvalue weighted by atomic mass is 10.1. The fourth-order valence-corrected chi connectivity index (χ4v) is 1.73. The quantitative estimate of drug-likeness (QED) is 0.659. The van der Waals surface area contributed by atoms with Crippen LogP contribution in [0.25, 0.3) is 0 Å². The molecule has 0 saturated carbocycles. The summed E-state index contributed by atoms with van der Waals surface area (Å²) in [6, 6.07) is 1.38. The number of nitrogens with zero attached hydrogens (tertiary/aromatic N) is 1. The van der Waals surface area contributed by atoms with E-state index in [1.165, 1.54) is 0 Å². The summed E-state index contributed by atoms with van der Waals surface area (Å²) in [5.74, 6) is -2.95. The van der Waals surface area contributed by atoms with Gasteiger partial charge in [0.2, 0.25) is 0 Å². The van der Waals surface area contributed by atoms with E-state index in [1.807, 2.05) is 0 Å². The van der Waals surface area contributed by atoms with Gasteiger partial charge in [-0.25, -0.2) is 9.18 Å². The van der Waals surface area contributed by atoms with Crippen LogP contribution in [0.3, 0.4) is 0 Å². The van der Waals surface area contributed by atoms with Crippen molar-refractivity contribution in [2.24, 2.45) is 0 Å². The Morgan fingerprint density at radius 2 is 2.32 bits per heavy atom. The molecule has 1 atom stereocenters. The van der Waals surface area contributed by atoms with Gasteiger partial charge < -0.3 is 14.6 Å². The normalized spacial score (nSPS) is 18.3. The Balaban J connectivity index is 2.39. The zero-order valence-corrected chi connectivity index (χ0v) is 9.67. The summed E-state index contributed by atoms with van der Waals surface area (Å²) in [5.41, 5.74) is -1.27. The number of aromatic carboxylic acids is 1. The molecule has 102 valence electrons. The largest absolute Gasteiger partial charge is 0.481 e. The van der Waals surface area contributed by atoms with Crippen molar-refractivity contribution in [3.05, 3.63) is 33.6 Å². The number of carboxylic acid groups (broad SMARTS) is 1. The Kier molecular flexibility index (Phi) is 3.61. The van der Waals surface area contributed by atoms with E-state index in [1.54, 1.807) is 0 Å². The number of ether oxygens (including phenoxy) is 2. The molecule has 0 radical (unpaired) electrons. The van der Waals surface area contributed by atoms with Crippen LogP contribution < -0.4 is 4.74 Å². The second kappa shape index (κ2) is 5.19. The molecule has 0 bridgehead atoms. The maximum atomic E-state index is 13.4. The molecule has 0 spiro atoms. The molecule has 1 N–H and O–H groups in total. The van der Waals surface area contributed by atoms with Crippen molar-refractivity contribution in [1.29, 1.82) is 0 Å². The van der Waals surface area contributed by atoms with Gasteiger partial charge in [0.15, 0.2) is 5.75 Å². The highest BCUT2D eigenvalue weighted by atomic mass is 19.1. The maximum Gasteiger partial charge on any atom is 0.338 e. The molecule has 1 unspecified atom stereocenters. The number of rotatable bonds is 4. The van der Waals surface area contributed by atoms with E-state index in [9.17, 15) is 19.3 Å². The Labute approximate surface area is 106 Å². The minimum atomic E-state index is -1.51. The first-order chi connectivity index (χ1) is 8.99. The predicted molar refractivity (Wildman–Crippen MR) is 59.9 cm³/mol. The molecule has 19 heavy (non-hydrogen) atoms. The van der Waals surface area contributed by atoms with Crippen LogP contribution in [0.1, 0.15) is 16.8 Å². The zero-order chi connectivity index (χ0) is 14.0. The van der Waals surface area contributed by atoms with Gasteiger partial charge >= 0.3 is 11.7 Å². The van der Waals surface area contributed by atoms with Gasteiger partial charge in [-0.1, -0.05) is 0 Å². The lowest BCUT2D eigenvalue weighted by Crippen LogP contribution is -2.17. The average molecular weight is 271 g/mol. The molecule has 8 heteroatoms. The van der Waals surface area contributed by atoms with Crippen LogP contribution in [-0.4, -0.2) is 35.3 Å². The molecule has 0 amide bonds. The summed E-state index contributed by atoms with van der Waals surface area (Å²) in [7, 11) is 0.